The lowest BCUT2D eigenvalue weighted by atomic mass is 9.88. The first-order valence-corrected chi connectivity index (χ1v) is 11.6. The van der Waals surface area contributed by atoms with E-state index in [9.17, 15) is 14.4 Å². The molecule has 0 spiro atoms. The molecule has 0 aromatic heterocycles. The summed E-state index contributed by atoms with van der Waals surface area (Å²) in [4.78, 5) is 36.7. The van der Waals surface area contributed by atoms with Crippen molar-refractivity contribution < 1.29 is 14.4 Å². The number of carbonyl (C=O) groups is 3. The molecule has 3 rings (SSSR count). The third-order valence-corrected chi connectivity index (χ3v) is 5.43. The van der Waals surface area contributed by atoms with Crippen molar-refractivity contribution in [1.29, 1.82) is 0 Å². The van der Waals surface area contributed by atoms with Gasteiger partial charge >= 0.3 is 0 Å². The molecular formula is C28H31N3O3. The van der Waals surface area contributed by atoms with Crippen LogP contribution in [0.5, 0.6) is 0 Å². The van der Waals surface area contributed by atoms with Gasteiger partial charge in [-0.1, -0.05) is 67.6 Å². The van der Waals surface area contributed by atoms with Gasteiger partial charge in [-0.25, -0.2) is 0 Å². The van der Waals surface area contributed by atoms with Crippen LogP contribution >= 0.6 is 0 Å². The van der Waals surface area contributed by atoms with Crippen LogP contribution in [0.3, 0.4) is 0 Å². The first kappa shape index (κ1) is 24.7. The summed E-state index contributed by atoms with van der Waals surface area (Å²) in [5.41, 5.74) is 3.33. The third-order valence-electron chi connectivity index (χ3n) is 5.43. The predicted molar refractivity (Wildman–Crippen MR) is 135 cm³/mol. The largest absolute Gasteiger partial charge is 0.354 e. The lowest BCUT2D eigenvalue weighted by Gasteiger charge is -2.18. The molecule has 0 aliphatic heterocycles. The molecular weight excluding hydrogens is 426 g/mol. The van der Waals surface area contributed by atoms with Crippen LogP contribution in [0.1, 0.15) is 53.6 Å². The average molecular weight is 458 g/mol. The van der Waals surface area contributed by atoms with Crippen LogP contribution in [0.15, 0.2) is 84.9 Å². The fraction of sp³-hybridized carbons (Fsp3) is 0.250. The summed E-state index contributed by atoms with van der Waals surface area (Å²) >= 11 is 0. The molecule has 3 amide bonds. The van der Waals surface area contributed by atoms with E-state index in [1.807, 2.05) is 67.6 Å². The molecule has 176 valence electrons. The zero-order valence-corrected chi connectivity index (χ0v) is 19.4. The van der Waals surface area contributed by atoms with Gasteiger partial charge in [-0.15, -0.1) is 0 Å². The van der Waals surface area contributed by atoms with Crippen molar-refractivity contribution in [2.75, 3.05) is 18.4 Å². The Labute approximate surface area is 200 Å². The molecule has 0 unspecified atom stereocenters. The highest BCUT2D eigenvalue weighted by molar-refractivity contribution is 5.95. The second-order valence-corrected chi connectivity index (χ2v) is 8.06. The van der Waals surface area contributed by atoms with Gasteiger partial charge in [0.25, 0.3) is 5.91 Å². The molecule has 0 fully saturated rings. The number of benzene rings is 3. The van der Waals surface area contributed by atoms with E-state index in [0.29, 0.717) is 37.2 Å². The van der Waals surface area contributed by atoms with E-state index in [-0.39, 0.29) is 23.6 Å². The molecule has 3 N–H and O–H groups in total. The monoisotopic (exact) mass is 457 g/mol. The number of rotatable bonds is 11. The van der Waals surface area contributed by atoms with Gasteiger partial charge in [0, 0.05) is 43.1 Å². The van der Waals surface area contributed by atoms with E-state index in [1.54, 1.807) is 24.3 Å². The fourth-order valence-electron chi connectivity index (χ4n) is 3.69. The molecule has 34 heavy (non-hydrogen) atoms. The van der Waals surface area contributed by atoms with E-state index >= 15 is 0 Å². The van der Waals surface area contributed by atoms with Gasteiger partial charge in [0.15, 0.2) is 0 Å². The quantitative estimate of drug-likeness (QED) is 0.371. The van der Waals surface area contributed by atoms with Crippen molar-refractivity contribution in [3.8, 4) is 0 Å². The maximum Gasteiger partial charge on any atom is 0.251 e. The zero-order chi connectivity index (χ0) is 24.2. The van der Waals surface area contributed by atoms with E-state index in [0.717, 1.165) is 17.5 Å². The van der Waals surface area contributed by atoms with E-state index in [1.165, 1.54) is 0 Å². The highest BCUT2D eigenvalue weighted by atomic mass is 16.2. The fourth-order valence-corrected chi connectivity index (χ4v) is 3.69. The van der Waals surface area contributed by atoms with Crippen LogP contribution in [-0.4, -0.2) is 30.8 Å². The Bertz CT molecular complexity index is 1030. The van der Waals surface area contributed by atoms with Gasteiger partial charge in [0.1, 0.15) is 0 Å². The van der Waals surface area contributed by atoms with Crippen LogP contribution < -0.4 is 16.0 Å². The molecule has 0 aliphatic carbocycles. The highest BCUT2D eigenvalue weighted by Gasteiger charge is 2.18. The molecule has 0 saturated heterocycles. The average Bonchev–Trinajstić information content (AvgIpc) is 2.86. The summed E-state index contributed by atoms with van der Waals surface area (Å²) in [6, 6.07) is 26.7. The van der Waals surface area contributed by atoms with Crippen LogP contribution in [0.2, 0.25) is 0 Å². The normalized spacial score (nSPS) is 10.5. The molecule has 0 atom stereocenters. The molecule has 0 aliphatic rings. The third kappa shape index (κ3) is 7.59. The summed E-state index contributed by atoms with van der Waals surface area (Å²) in [5, 5.41) is 8.51. The van der Waals surface area contributed by atoms with Crippen LogP contribution in [0, 0.1) is 0 Å². The van der Waals surface area contributed by atoms with Crippen molar-refractivity contribution in [2.45, 2.75) is 32.1 Å². The van der Waals surface area contributed by atoms with E-state index in [2.05, 4.69) is 16.0 Å². The Morgan fingerprint density at radius 1 is 0.706 bits per heavy atom. The number of hydrogen-bond donors (Lipinski definition) is 3. The SMILES string of the molecule is CCCC(=O)Nc1ccc(C(=O)NCCNC(=O)CC(c2ccccc2)c2ccccc2)cc1. The summed E-state index contributed by atoms with van der Waals surface area (Å²) in [6.07, 6.45) is 1.57. The standard InChI is InChI=1S/C28H31N3O3/c1-2-9-26(32)31-24-16-14-23(15-17-24)28(34)30-19-18-29-27(33)20-25(21-10-5-3-6-11-21)22-12-7-4-8-13-22/h3-8,10-17,25H,2,9,18-20H2,1H3,(H,29,33)(H,30,34)(H,31,32). The minimum absolute atomic E-state index is 0.0340. The van der Waals surface area contributed by atoms with Crippen molar-refractivity contribution >= 4 is 23.4 Å². The van der Waals surface area contributed by atoms with Gasteiger partial charge < -0.3 is 16.0 Å². The highest BCUT2D eigenvalue weighted by Crippen LogP contribution is 2.27. The van der Waals surface area contributed by atoms with Gasteiger partial charge in [-0.2, -0.15) is 0 Å². The maximum atomic E-state index is 12.6. The Kier molecular flexibility index (Phi) is 9.40. The second kappa shape index (κ2) is 12.9. The molecule has 3 aromatic rings. The molecule has 6 heteroatoms. The molecule has 0 saturated carbocycles. The summed E-state index contributed by atoms with van der Waals surface area (Å²) in [6.45, 7) is 2.60. The summed E-state index contributed by atoms with van der Waals surface area (Å²) in [7, 11) is 0. The Balaban J connectivity index is 1.46. The first-order valence-electron chi connectivity index (χ1n) is 11.6. The van der Waals surface area contributed by atoms with Crippen LogP contribution in [0.4, 0.5) is 5.69 Å². The number of nitrogens with one attached hydrogen (secondary N) is 3. The Hall–Kier alpha value is -3.93. The number of carbonyl (C=O) groups excluding carboxylic acids is 3. The minimum Gasteiger partial charge on any atom is -0.354 e. The Morgan fingerprint density at radius 2 is 1.26 bits per heavy atom. The van der Waals surface area contributed by atoms with Gasteiger partial charge in [0.05, 0.1) is 0 Å². The Morgan fingerprint density at radius 3 is 1.82 bits per heavy atom. The summed E-state index contributed by atoms with van der Waals surface area (Å²) in [5.74, 6) is -0.378. The minimum atomic E-state index is -0.230. The molecule has 0 heterocycles. The first-order chi connectivity index (χ1) is 16.6. The van der Waals surface area contributed by atoms with Crippen molar-refractivity contribution in [1.82, 2.24) is 10.6 Å². The van der Waals surface area contributed by atoms with Crippen molar-refractivity contribution in [3.05, 3.63) is 102 Å². The molecule has 6 nitrogen and oxygen atoms in total. The van der Waals surface area contributed by atoms with Crippen molar-refractivity contribution in [2.24, 2.45) is 0 Å². The topological polar surface area (TPSA) is 87.3 Å². The lowest BCUT2D eigenvalue weighted by molar-refractivity contribution is -0.121. The van der Waals surface area contributed by atoms with Gasteiger partial charge in [-0.3, -0.25) is 14.4 Å². The number of amides is 3. The summed E-state index contributed by atoms with van der Waals surface area (Å²) < 4.78 is 0. The molecule has 0 bridgehead atoms. The van der Waals surface area contributed by atoms with Gasteiger partial charge in [0.2, 0.25) is 11.8 Å². The van der Waals surface area contributed by atoms with Gasteiger partial charge in [-0.05, 0) is 41.8 Å². The second-order valence-electron chi connectivity index (χ2n) is 8.06. The number of hydrogen-bond acceptors (Lipinski definition) is 3. The molecule has 3 aromatic carbocycles. The van der Waals surface area contributed by atoms with Crippen LogP contribution in [0.25, 0.3) is 0 Å². The predicted octanol–water partition coefficient (Wildman–Crippen LogP) is 4.49. The number of anilines is 1. The van der Waals surface area contributed by atoms with E-state index in [4.69, 9.17) is 0 Å². The van der Waals surface area contributed by atoms with Crippen LogP contribution in [-0.2, 0) is 9.59 Å². The maximum absolute atomic E-state index is 12.6. The smallest absolute Gasteiger partial charge is 0.251 e. The zero-order valence-electron chi connectivity index (χ0n) is 19.4. The lowest BCUT2D eigenvalue weighted by Crippen LogP contribution is -2.35. The van der Waals surface area contributed by atoms with E-state index < -0.39 is 0 Å². The van der Waals surface area contributed by atoms with Crippen molar-refractivity contribution in [3.63, 3.8) is 0 Å². The molecule has 0 radical (unpaired) electrons.